The predicted molar refractivity (Wildman–Crippen MR) is 52.2 cm³/mol. The lowest BCUT2D eigenvalue weighted by atomic mass is 10.1. The molecular weight excluding hydrogens is 162 g/mol. The fourth-order valence-electron chi connectivity index (χ4n) is 1.27. The summed E-state index contributed by atoms with van der Waals surface area (Å²) in [6.45, 7) is 0. The zero-order valence-electron chi connectivity index (χ0n) is 7.20. The first-order valence-corrected chi connectivity index (χ1v) is 4.18. The largest absolute Gasteiger partial charge is 0.398 e. The van der Waals surface area contributed by atoms with E-state index in [9.17, 15) is 0 Å². The number of H-pyrrole nitrogens is 1. The van der Waals surface area contributed by atoms with Crippen molar-refractivity contribution in [3.63, 3.8) is 0 Å². The summed E-state index contributed by atoms with van der Waals surface area (Å²) in [5.41, 5.74) is 7.72. The summed E-state index contributed by atoms with van der Waals surface area (Å²) in [5, 5.41) is 0. The van der Waals surface area contributed by atoms with Gasteiger partial charge >= 0.3 is 0 Å². The molecule has 0 aliphatic carbocycles. The Bertz CT molecular complexity index is 379. The SMILES string of the molecule is Nc1ccccc1Cc1ncc[nH]1. The fourth-order valence-corrected chi connectivity index (χ4v) is 1.27. The summed E-state index contributed by atoms with van der Waals surface area (Å²) in [7, 11) is 0. The van der Waals surface area contributed by atoms with Crippen molar-refractivity contribution in [1.82, 2.24) is 9.97 Å². The average Bonchev–Trinajstić information content (AvgIpc) is 2.61. The Hall–Kier alpha value is -1.77. The number of benzene rings is 1. The van der Waals surface area contributed by atoms with E-state index in [4.69, 9.17) is 5.73 Å². The molecule has 0 unspecified atom stereocenters. The number of nitrogen functional groups attached to an aromatic ring is 1. The van der Waals surface area contributed by atoms with E-state index in [-0.39, 0.29) is 0 Å². The number of anilines is 1. The molecule has 0 aliphatic heterocycles. The monoisotopic (exact) mass is 173 g/mol. The van der Waals surface area contributed by atoms with Crippen LogP contribution >= 0.6 is 0 Å². The molecular formula is C10H11N3. The van der Waals surface area contributed by atoms with Gasteiger partial charge in [0, 0.05) is 24.5 Å². The molecule has 2 rings (SSSR count). The molecule has 3 N–H and O–H groups in total. The van der Waals surface area contributed by atoms with Crippen molar-refractivity contribution in [3.8, 4) is 0 Å². The van der Waals surface area contributed by atoms with E-state index in [2.05, 4.69) is 9.97 Å². The molecule has 13 heavy (non-hydrogen) atoms. The Morgan fingerprint density at radius 1 is 1.31 bits per heavy atom. The van der Waals surface area contributed by atoms with Gasteiger partial charge in [-0.3, -0.25) is 0 Å². The van der Waals surface area contributed by atoms with Crippen LogP contribution in [0.2, 0.25) is 0 Å². The molecule has 0 radical (unpaired) electrons. The highest BCUT2D eigenvalue weighted by molar-refractivity contribution is 5.47. The van der Waals surface area contributed by atoms with Gasteiger partial charge in [0.15, 0.2) is 0 Å². The van der Waals surface area contributed by atoms with Crippen molar-refractivity contribution >= 4 is 5.69 Å². The standard InChI is InChI=1S/C10H11N3/c11-9-4-2-1-3-8(9)7-10-12-5-6-13-10/h1-6H,7,11H2,(H,12,13). The molecule has 0 saturated heterocycles. The predicted octanol–water partition coefficient (Wildman–Crippen LogP) is 1.58. The fraction of sp³-hybridized carbons (Fsp3) is 0.100. The molecule has 3 heteroatoms. The molecule has 0 fully saturated rings. The van der Waals surface area contributed by atoms with Gasteiger partial charge in [0.05, 0.1) is 0 Å². The van der Waals surface area contributed by atoms with Crippen LogP contribution in [-0.4, -0.2) is 9.97 Å². The first-order valence-electron chi connectivity index (χ1n) is 4.18. The van der Waals surface area contributed by atoms with Gasteiger partial charge < -0.3 is 10.7 Å². The van der Waals surface area contributed by atoms with Crippen LogP contribution in [0.4, 0.5) is 5.69 Å². The smallest absolute Gasteiger partial charge is 0.110 e. The lowest BCUT2D eigenvalue weighted by Crippen LogP contribution is -1.96. The molecule has 1 aromatic heterocycles. The number of aromatic nitrogens is 2. The number of imidazole rings is 1. The van der Waals surface area contributed by atoms with E-state index in [1.807, 2.05) is 30.5 Å². The lowest BCUT2D eigenvalue weighted by molar-refractivity contribution is 1.03. The van der Waals surface area contributed by atoms with Crippen LogP contribution in [0.15, 0.2) is 36.7 Å². The number of nitrogens with zero attached hydrogens (tertiary/aromatic N) is 1. The summed E-state index contributed by atoms with van der Waals surface area (Å²) in [6.07, 6.45) is 4.32. The molecule has 0 aliphatic rings. The van der Waals surface area contributed by atoms with Crippen molar-refractivity contribution in [2.75, 3.05) is 5.73 Å². The van der Waals surface area contributed by atoms with Gasteiger partial charge in [-0.05, 0) is 11.6 Å². The van der Waals surface area contributed by atoms with E-state index in [0.29, 0.717) is 0 Å². The third-order valence-electron chi connectivity index (χ3n) is 1.97. The zero-order valence-corrected chi connectivity index (χ0v) is 7.20. The Morgan fingerprint density at radius 3 is 2.85 bits per heavy atom. The zero-order chi connectivity index (χ0) is 9.10. The van der Waals surface area contributed by atoms with E-state index >= 15 is 0 Å². The number of aromatic amines is 1. The van der Waals surface area contributed by atoms with E-state index in [1.54, 1.807) is 6.20 Å². The minimum atomic E-state index is 0.764. The van der Waals surface area contributed by atoms with Crippen LogP contribution in [0.1, 0.15) is 11.4 Å². The summed E-state index contributed by atoms with van der Waals surface area (Å²) >= 11 is 0. The summed E-state index contributed by atoms with van der Waals surface area (Å²) in [5.74, 6) is 0.943. The molecule has 3 nitrogen and oxygen atoms in total. The van der Waals surface area contributed by atoms with Crippen molar-refractivity contribution in [3.05, 3.63) is 48.0 Å². The lowest BCUT2D eigenvalue weighted by Gasteiger charge is -2.01. The first kappa shape index (κ1) is 7.86. The minimum absolute atomic E-state index is 0.764. The molecule has 0 amide bonds. The summed E-state index contributed by atoms with van der Waals surface area (Å²) in [4.78, 5) is 7.19. The Labute approximate surface area is 76.6 Å². The number of hydrogen-bond donors (Lipinski definition) is 2. The topological polar surface area (TPSA) is 54.7 Å². The van der Waals surface area contributed by atoms with Crippen LogP contribution < -0.4 is 5.73 Å². The van der Waals surface area contributed by atoms with E-state index in [0.717, 1.165) is 23.5 Å². The van der Waals surface area contributed by atoms with Crippen LogP contribution in [0.3, 0.4) is 0 Å². The van der Waals surface area contributed by atoms with Gasteiger partial charge in [-0.2, -0.15) is 0 Å². The van der Waals surface area contributed by atoms with Gasteiger partial charge in [0.2, 0.25) is 0 Å². The highest BCUT2D eigenvalue weighted by atomic mass is 14.9. The first-order chi connectivity index (χ1) is 6.36. The third-order valence-corrected chi connectivity index (χ3v) is 1.97. The van der Waals surface area contributed by atoms with Crippen molar-refractivity contribution < 1.29 is 0 Å². The second kappa shape index (κ2) is 3.31. The number of rotatable bonds is 2. The molecule has 0 spiro atoms. The van der Waals surface area contributed by atoms with Gasteiger partial charge in [0.25, 0.3) is 0 Å². The van der Waals surface area contributed by atoms with Gasteiger partial charge in [-0.25, -0.2) is 4.98 Å². The molecule has 2 aromatic rings. The maximum Gasteiger partial charge on any atom is 0.110 e. The number of nitrogens with one attached hydrogen (secondary N) is 1. The van der Waals surface area contributed by atoms with Gasteiger partial charge in [0.1, 0.15) is 5.82 Å². The third kappa shape index (κ3) is 1.69. The Kier molecular flexibility index (Phi) is 2.00. The van der Waals surface area contributed by atoms with Gasteiger partial charge in [-0.15, -0.1) is 0 Å². The second-order valence-electron chi connectivity index (χ2n) is 2.91. The molecule has 0 atom stereocenters. The van der Waals surface area contributed by atoms with Crippen molar-refractivity contribution in [2.24, 2.45) is 0 Å². The normalized spacial score (nSPS) is 10.2. The maximum atomic E-state index is 5.80. The van der Waals surface area contributed by atoms with Crippen molar-refractivity contribution in [1.29, 1.82) is 0 Å². The number of hydrogen-bond acceptors (Lipinski definition) is 2. The molecule has 66 valence electrons. The van der Waals surface area contributed by atoms with E-state index < -0.39 is 0 Å². The Morgan fingerprint density at radius 2 is 2.15 bits per heavy atom. The molecule has 1 aromatic carbocycles. The van der Waals surface area contributed by atoms with Crippen LogP contribution in [0.25, 0.3) is 0 Å². The summed E-state index contributed by atoms with van der Waals surface area (Å²) < 4.78 is 0. The molecule has 0 bridgehead atoms. The second-order valence-corrected chi connectivity index (χ2v) is 2.91. The van der Waals surface area contributed by atoms with Crippen LogP contribution in [0, 0.1) is 0 Å². The highest BCUT2D eigenvalue weighted by Crippen LogP contribution is 2.13. The minimum Gasteiger partial charge on any atom is -0.398 e. The van der Waals surface area contributed by atoms with Crippen molar-refractivity contribution in [2.45, 2.75) is 6.42 Å². The molecule has 0 saturated carbocycles. The van der Waals surface area contributed by atoms with Crippen LogP contribution in [-0.2, 0) is 6.42 Å². The highest BCUT2D eigenvalue weighted by Gasteiger charge is 2.00. The average molecular weight is 173 g/mol. The van der Waals surface area contributed by atoms with E-state index in [1.165, 1.54) is 0 Å². The molecule has 1 heterocycles. The maximum absolute atomic E-state index is 5.80. The number of para-hydroxylation sites is 1. The quantitative estimate of drug-likeness (QED) is 0.677. The summed E-state index contributed by atoms with van der Waals surface area (Å²) in [6, 6.07) is 7.83. The van der Waals surface area contributed by atoms with Gasteiger partial charge in [-0.1, -0.05) is 18.2 Å². The number of nitrogens with two attached hydrogens (primary N) is 1. The van der Waals surface area contributed by atoms with Crippen LogP contribution in [0.5, 0.6) is 0 Å². The Balaban J connectivity index is 2.24.